The highest BCUT2D eigenvalue weighted by Gasteiger charge is 2.35. The van der Waals surface area contributed by atoms with Crippen molar-refractivity contribution in [1.29, 1.82) is 0 Å². The van der Waals surface area contributed by atoms with Crippen LogP contribution in [0.3, 0.4) is 0 Å². The van der Waals surface area contributed by atoms with Gasteiger partial charge in [-0.1, -0.05) is 12.1 Å². The molecule has 32 heavy (non-hydrogen) atoms. The SMILES string of the molecule is Cc1cc(Nc2nccc(C(F)(F)F)n2)cc(-c2ccc([C@]3(O)CC[C@@H](O)CC3)nc2)c1. The van der Waals surface area contributed by atoms with Crippen molar-refractivity contribution in [3.05, 3.63) is 65.7 Å². The summed E-state index contributed by atoms with van der Waals surface area (Å²) in [6.07, 6.45) is -0.232. The maximum Gasteiger partial charge on any atom is 0.433 e. The number of nitrogens with zero attached hydrogens (tertiary/aromatic N) is 3. The Morgan fingerprint density at radius 3 is 2.44 bits per heavy atom. The molecule has 0 amide bonds. The van der Waals surface area contributed by atoms with E-state index in [9.17, 15) is 23.4 Å². The molecule has 1 aromatic carbocycles. The zero-order valence-corrected chi connectivity index (χ0v) is 17.4. The first-order valence-electron chi connectivity index (χ1n) is 10.3. The molecule has 2 aromatic heterocycles. The van der Waals surface area contributed by atoms with Crippen LogP contribution >= 0.6 is 0 Å². The number of aliphatic hydroxyl groups excluding tert-OH is 1. The Bertz CT molecular complexity index is 1100. The van der Waals surface area contributed by atoms with E-state index in [1.54, 1.807) is 24.4 Å². The molecule has 0 bridgehead atoms. The molecule has 3 N–H and O–H groups in total. The molecule has 6 nitrogen and oxygen atoms in total. The summed E-state index contributed by atoms with van der Waals surface area (Å²) in [5.74, 6) is -0.147. The summed E-state index contributed by atoms with van der Waals surface area (Å²) in [6.45, 7) is 1.87. The molecule has 1 saturated carbocycles. The van der Waals surface area contributed by atoms with E-state index in [-0.39, 0.29) is 12.1 Å². The van der Waals surface area contributed by atoms with Crippen LogP contribution in [0.2, 0.25) is 0 Å². The highest BCUT2D eigenvalue weighted by Crippen LogP contribution is 2.37. The number of nitrogens with one attached hydrogen (secondary N) is 1. The van der Waals surface area contributed by atoms with Crippen LogP contribution in [-0.2, 0) is 11.8 Å². The lowest BCUT2D eigenvalue weighted by molar-refractivity contribution is -0.141. The summed E-state index contributed by atoms with van der Waals surface area (Å²) in [5.41, 5.74) is 1.55. The lowest BCUT2D eigenvalue weighted by Crippen LogP contribution is -2.34. The van der Waals surface area contributed by atoms with Gasteiger partial charge in [0.05, 0.1) is 11.8 Å². The van der Waals surface area contributed by atoms with Crippen LogP contribution in [0.25, 0.3) is 11.1 Å². The average molecular weight is 444 g/mol. The summed E-state index contributed by atoms with van der Waals surface area (Å²) in [5, 5.41) is 23.4. The topological polar surface area (TPSA) is 91.2 Å². The molecular weight excluding hydrogens is 421 g/mol. The number of benzene rings is 1. The number of halogens is 3. The fraction of sp³-hybridized carbons (Fsp3) is 0.348. The number of anilines is 2. The zero-order chi connectivity index (χ0) is 22.9. The molecular formula is C23H23F3N4O2. The summed E-state index contributed by atoms with van der Waals surface area (Å²) < 4.78 is 38.7. The standard InChI is InChI=1S/C23H23F3N4O2/c1-14-10-16(12-17(11-14)29-21-27-9-6-20(30-21)23(24,25)26)15-2-3-19(28-13-15)22(32)7-4-18(31)5-8-22/h2-3,6,9-13,18,31-32H,4-5,7-8H2,1H3,(H,27,29,30)/t18-,22+. The Morgan fingerprint density at radius 2 is 1.78 bits per heavy atom. The van der Waals surface area contributed by atoms with Crippen LogP contribution in [0.4, 0.5) is 24.8 Å². The Morgan fingerprint density at radius 1 is 1.03 bits per heavy atom. The lowest BCUT2D eigenvalue weighted by Gasteiger charge is -2.33. The minimum Gasteiger partial charge on any atom is -0.393 e. The number of alkyl halides is 3. The van der Waals surface area contributed by atoms with Crippen molar-refractivity contribution in [2.75, 3.05) is 5.32 Å². The molecule has 168 valence electrons. The Labute approximate surface area is 183 Å². The fourth-order valence-electron chi connectivity index (χ4n) is 3.90. The van der Waals surface area contributed by atoms with Crippen molar-refractivity contribution >= 4 is 11.6 Å². The molecule has 0 atom stereocenters. The van der Waals surface area contributed by atoms with Gasteiger partial charge in [0.1, 0.15) is 11.3 Å². The van der Waals surface area contributed by atoms with E-state index in [0.717, 1.165) is 29.0 Å². The number of rotatable bonds is 4. The van der Waals surface area contributed by atoms with Gasteiger partial charge in [-0.2, -0.15) is 13.2 Å². The number of aliphatic hydroxyl groups is 2. The van der Waals surface area contributed by atoms with Gasteiger partial charge in [0.25, 0.3) is 0 Å². The van der Waals surface area contributed by atoms with Gasteiger partial charge in [-0.05, 0) is 68.0 Å². The van der Waals surface area contributed by atoms with Crippen molar-refractivity contribution in [3.63, 3.8) is 0 Å². The Balaban J connectivity index is 1.57. The fourth-order valence-corrected chi connectivity index (χ4v) is 3.90. The molecule has 9 heteroatoms. The van der Waals surface area contributed by atoms with Crippen LogP contribution in [0.15, 0.2) is 48.8 Å². The van der Waals surface area contributed by atoms with E-state index in [2.05, 4.69) is 20.3 Å². The van der Waals surface area contributed by atoms with Gasteiger partial charge in [0, 0.05) is 23.6 Å². The van der Waals surface area contributed by atoms with Gasteiger partial charge in [-0.25, -0.2) is 9.97 Å². The highest BCUT2D eigenvalue weighted by atomic mass is 19.4. The number of hydrogen-bond donors (Lipinski definition) is 3. The van der Waals surface area contributed by atoms with Gasteiger partial charge in [0.15, 0.2) is 0 Å². The smallest absolute Gasteiger partial charge is 0.393 e. The van der Waals surface area contributed by atoms with E-state index in [1.165, 1.54) is 0 Å². The summed E-state index contributed by atoms with van der Waals surface area (Å²) >= 11 is 0. The third-order valence-corrected chi connectivity index (χ3v) is 5.64. The van der Waals surface area contributed by atoms with Gasteiger partial charge < -0.3 is 15.5 Å². The molecule has 0 saturated heterocycles. The van der Waals surface area contributed by atoms with Crippen LogP contribution < -0.4 is 5.32 Å². The van der Waals surface area contributed by atoms with E-state index >= 15 is 0 Å². The third kappa shape index (κ3) is 4.89. The maximum atomic E-state index is 12.9. The number of pyridine rings is 1. The number of aromatic nitrogens is 3. The Hall–Kier alpha value is -3.04. The van der Waals surface area contributed by atoms with Crippen molar-refractivity contribution in [1.82, 2.24) is 15.0 Å². The molecule has 1 aliphatic rings. The largest absolute Gasteiger partial charge is 0.433 e. The summed E-state index contributed by atoms with van der Waals surface area (Å²) in [4.78, 5) is 11.9. The van der Waals surface area contributed by atoms with Gasteiger partial charge in [-0.3, -0.25) is 4.98 Å². The van der Waals surface area contributed by atoms with Gasteiger partial charge in [0.2, 0.25) is 5.95 Å². The van der Waals surface area contributed by atoms with Crippen LogP contribution in [0, 0.1) is 6.92 Å². The number of aryl methyl sites for hydroxylation is 1. The minimum absolute atomic E-state index is 0.147. The Kier molecular flexibility index (Phi) is 5.87. The zero-order valence-electron chi connectivity index (χ0n) is 17.4. The molecule has 1 fully saturated rings. The molecule has 3 aromatic rings. The predicted molar refractivity (Wildman–Crippen MR) is 113 cm³/mol. The molecule has 0 unspecified atom stereocenters. The molecule has 4 rings (SSSR count). The lowest BCUT2D eigenvalue weighted by atomic mass is 9.81. The normalized spacial score (nSPS) is 21.4. The van der Waals surface area contributed by atoms with Crippen LogP contribution in [-0.4, -0.2) is 31.3 Å². The monoisotopic (exact) mass is 444 g/mol. The first-order chi connectivity index (χ1) is 15.1. The summed E-state index contributed by atoms with van der Waals surface area (Å²) in [7, 11) is 0. The average Bonchev–Trinajstić information content (AvgIpc) is 2.75. The van der Waals surface area contributed by atoms with Gasteiger partial charge in [-0.15, -0.1) is 0 Å². The second-order valence-electron chi connectivity index (χ2n) is 8.17. The summed E-state index contributed by atoms with van der Waals surface area (Å²) in [6, 6.07) is 9.94. The molecule has 2 heterocycles. The second kappa shape index (κ2) is 8.48. The van der Waals surface area contributed by atoms with Crippen molar-refractivity contribution < 1.29 is 23.4 Å². The first-order valence-corrected chi connectivity index (χ1v) is 10.3. The first kappa shape index (κ1) is 22.2. The van der Waals surface area contributed by atoms with E-state index in [0.29, 0.717) is 37.1 Å². The highest BCUT2D eigenvalue weighted by molar-refractivity contribution is 5.70. The van der Waals surface area contributed by atoms with E-state index in [1.807, 2.05) is 19.1 Å². The molecule has 0 spiro atoms. The van der Waals surface area contributed by atoms with Crippen LogP contribution in [0.1, 0.15) is 42.6 Å². The quantitative estimate of drug-likeness (QED) is 0.539. The minimum atomic E-state index is -4.55. The van der Waals surface area contributed by atoms with Gasteiger partial charge >= 0.3 is 6.18 Å². The predicted octanol–water partition coefficient (Wildman–Crippen LogP) is 4.73. The molecule has 0 aliphatic heterocycles. The third-order valence-electron chi connectivity index (χ3n) is 5.64. The number of hydrogen-bond acceptors (Lipinski definition) is 6. The van der Waals surface area contributed by atoms with E-state index < -0.39 is 17.5 Å². The molecule has 1 aliphatic carbocycles. The second-order valence-corrected chi connectivity index (χ2v) is 8.17. The van der Waals surface area contributed by atoms with Crippen LogP contribution in [0.5, 0.6) is 0 Å². The van der Waals surface area contributed by atoms with Crippen molar-refractivity contribution in [2.45, 2.75) is 50.5 Å². The maximum absolute atomic E-state index is 12.9. The van der Waals surface area contributed by atoms with Crippen molar-refractivity contribution in [3.8, 4) is 11.1 Å². The molecule has 0 radical (unpaired) electrons. The van der Waals surface area contributed by atoms with E-state index in [4.69, 9.17) is 0 Å². The van der Waals surface area contributed by atoms with Crippen molar-refractivity contribution in [2.24, 2.45) is 0 Å².